The number of hydrogen-bond donors (Lipinski definition) is 1. The molecule has 0 atom stereocenters. The zero-order valence-electron chi connectivity index (χ0n) is 17.2. The molecule has 7 nitrogen and oxygen atoms in total. The summed E-state index contributed by atoms with van der Waals surface area (Å²) in [5.41, 5.74) is 2.44. The Bertz CT molecular complexity index is 1190. The van der Waals surface area contributed by atoms with Crippen molar-refractivity contribution in [2.45, 2.75) is 24.7 Å². The number of unbranched alkanes of at least 4 members (excludes halogenated alkanes) is 1. The Morgan fingerprint density at radius 2 is 1.84 bits per heavy atom. The molecule has 3 rings (SSSR count). The fraction of sp³-hybridized carbons (Fsp3) is 0.227. The van der Waals surface area contributed by atoms with Crippen LogP contribution in [0.4, 0.5) is 5.13 Å². The number of anilines is 1. The number of thiazole rings is 1. The monoisotopic (exact) mass is 454 g/mol. The van der Waals surface area contributed by atoms with Crippen LogP contribution in [0.1, 0.15) is 35.7 Å². The van der Waals surface area contributed by atoms with E-state index in [0.717, 1.165) is 18.4 Å². The van der Waals surface area contributed by atoms with Gasteiger partial charge >= 0.3 is 0 Å². The Hall–Kier alpha value is -3.06. The molecule has 0 saturated heterocycles. The van der Waals surface area contributed by atoms with E-state index in [0.29, 0.717) is 28.5 Å². The van der Waals surface area contributed by atoms with Crippen molar-refractivity contribution in [3.63, 3.8) is 0 Å². The summed E-state index contributed by atoms with van der Waals surface area (Å²) < 4.78 is 26.5. The summed E-state index contributed by atoms with van der Waals surface area (Å²) in [7, 11) is -2.02. The fourth-order valence-electron chi connectivity index (χ4n) is 2.81. The lowest BCUT2D eigenvalue weighted by molar-refractivity contribution is 0.102. The van der Waals surface area contributed by atoms with Crippen molar-refractivity contribution >= 4 is 32.4 Å². The van der Waals surface area contributed by atoms with E-state index in [-0.39, 0.29) is 10.8 Å². The maximum Gasteiger partial charge on any atom is 0.257 e. The highest BCUT2D eigenvalue weighted by Crippen LogP contribution is 2.25. The van der Waals surface area contributed by atoms with Gasteiger partial charge in [0.25, 0.3) is 5.91 Å². The second-order valence-electron chi connectivity index (χ2n) is 6.89. The van der Waals surface area contributed by atoms with Crippen molar-refractivity contribution in [2.24, 2.45) is 0 Å². The number of carbonyl (C=O) groups is 1. The average molecular weight is 455 g/mol. The average Bonchev–Trinajstić information content (AvgIpc) is 3.25. The largest absolute Gasteiger partial charge is 0.298 e. The summed E-state index contributed by atoms with van der Waals surface area (Å²) in [6.07, 6.45) is 1.69. The molecule has 9 heteroatoms. The molecule has 3 aromatic rings. The Labute approximate surface area is 186 Å². The smallest absolute Gasteiger partial charge is 0.257 e. The molecule has 1 heterocycles. The van der Waals surface area contributed by atoms with E-state index in [1.807, 2.05) is 12.3 Å². The summed E-state index contributed by atoms with van der Waals surface area (Å²) in [5.74, 6) is -0.371. The van der Waals surface area contributed by atoms with E-state index >= 15 is 0 Å². The van der Waals surface area contributed by atoms with Crippen molar-refractivity contribution in [2.75, 3.05) is 18.9 Å². The van der Waals surface area contributed by atoms with Crippen molar-refractivity contribution in [3.8, 4) is 17.3 Å². The third-order valence-corrected chi connectivity index (χ3v) is 7.31. The molecule has 0 fully saturated rings. The second-order valence-corrected chi connectivity index (χ2v) is 9.79. The first-order chi connectivity index (χ1) is 14.8. The van der Waals surface area contributed by atoms with Gasteiger partial charge in [-0.3, -0.25) is 10.1 Å². The molecule has 0 aliphatic rings. The molecule has 31 heavy (non-hydrogen) atoms. The van der Waals surface area contributed by atoms with E-state index in [2.05, 4.69) is 16.4 Å². The highest BCUT2D eigenvalue weighted by atomic mass is 32.2. The molecule has 0 radical (unpaired) electrons. The van der Waals surface area contributed by atoms with Gasteiger partial charge in [-0.15, -0.1) is 11.3 Å². The van der Waals surface area contributed by atoms with Crippen LogP contribution in [-0.4, -0.2) is 37.2 Å². The van der Waals surface area contributed by atoms with Gasteiger partial charge in [0.15, 0.2) is 5.13 Å². The molecule has 0 bridgehead atoms. The van der Waals surface area contributed by atoms with Crippen molar-refractivity contribution in [3.05, 3.63) is 65.0 Å². The minimum absolute atomic E-state index is 0.153. The summed E-state index contributed by atoms with van der Waals surface area (Å²) in [5, 5.41) is 13.9. The van der Waals surface area contributed by atoms with Crippen LogP contribution in [0, 0.1) is 11.3 Å². The molecular weight excluding hydrogens is 432 g/mol. The Kier molecular flexibility index (Phi) is 7.17. The predicted octanol–water partition coefficient (Wildman–Crippen LogP) is 4.35. The minimum atomic E-state index is -3.57. The molecular formula is C22H22N4O3S2. The highest BCUT2D eigenvalue weighted by Gasteiger charge is 2.20. The lowest BCUT2D eigenvalue weighted by atomic mass is 10.1. The molecule has 0 unspecified atom stereocenters. The van der Waals surface area contributed by atoms with Crippen LogP contribution in [0.15, 0.2) is 58.8 Å². The first kappa shape index (κ1) is 22.6. The number of sulfonamides is 1. The maximum absolute atomic E-state index is 12.6. The van der Waals surface area contributed by atoms with E-state index in [4.69, 9.17) is 5.26 Å². The van der Waals surface area contributed by atoms with Gasteiger partial charge in [0, 0.05) is 30.1 Å². The fourth-order valence-corrected chi connectivity index (χ4v) is 4.73. The predicted molar refractivity (Wildman–Crippen MR) is 121 cm³/mol. The zero-order chi connectivity index (χ0) is 22.4. The maximum atomic E-state index is 12.6. The van der Waals surface area contributed by atoms with Gasteiger partial charge in [0.05, 0.1) is 22.2 Å². The lowest BCUT2D eigenvalue weighted by Gasteiger charge is -2.16. The molecule has 1 aromatic heterocycles. The van der Waals surface area contributed by atoms with E-state index in [9.17, 15) is 13.2 Å². The molecule has 0 aliphatic heterocycles. The Morgan fingerprint density at radius 3 is 2.45 bits per heavy atom. The number of nitrogens with zero attached hydrogens (tertiary/aromatic N) is 3. The van der Waals surface area contributed by atoms with Crippen molar-refractivity contribution in [1.29, 1.82) is 5.26 Å². The van der Waals surface area contributed by atoms with Gasteiger partial charge in [0.2, 0.25) is 10.0 Å². The van der Waals surface area contributed by atoms with Gasteiger partial charge in [-0.25, -0.2) is 17.7 Å². The SMILES string of the molecule is CCCCN(C)S(=O)(=O)c1ccc(C(=O)Nc2nc(-c3ccc(C#N)cc3)cs2)cc1. The third kappa shape index (κ3) is 5.35. The second kappa shape index (κ2) is 9.83. The first-order valence-electron chi connectivity index (χ1n) is 9.69. The van der Waals surface area contributed by atoms with Crippen LogP contribution in [-0.2, 0) is 10.0 Å². The number of amides is 1. The topological polar surface area (TPSA) is 103 Å². The number of benzene rings is 2. The van der Waals surface area contributed by atoms with Gasteiger partial charge in [0.1, 0.15) is 0 Å². The number of rotatable bonds is 8. The number of carbonyl (C=O) groups excluding carboxylic acids is 1. The molecule has 0 saturated carbocycles. The van der Waals surface area contributed by atoms with Crippen LogP contribution in [0.25, 0.3) is 11.3 Å². The van der Waals surface area contributed by atoms with Crippen LogP contribution in [0.5, 0.6) is 0 Å². The normalized spacial score (nSPS) is 11.3. The van der Waals surface area contributed by atoms with Gasteiger partial charge in [-0.2, -0.15) is 5.26 Å². The lowest BCUT2D eigenvalue weighted by Crippen LogP contribution is -2.28. The van der Waals surface area contributed by atoms with Gasteiger partial charge in [-0.1, -0.05) is 25.5 Å². The van der Waals surface area contributed by atoms with E-state index < -0.39 is 10.0 Å². The first-order valence-corrected chi connectivity index (χ1v) is 12.0. The molecule has 0 spiro atoms. The van der Waals surface area contributed by atoms with Crippen LogP contribution in [0.2, 0.25) is 0 Å². The summed E-state index contributed by atoms with van der Waals surface area (Å²) in [4.78, 5) is 17.1. The summed E-state index contributed by atoms with van der Waals surface area (Å²) >= 11 is 1.29. The van der Waals surface area contributed by atoms with E-state index in [1.54, 1.807) is 31.3 Å². The van der Waals surface area contributed by atoms with E-state index in [1.165, 1.54) is 39.9 Å². The quantitative estimate of drug-likeness (QED) is 0.545. The van der Waals surface area contributed by atoms with Gasteiger partial charge in [-0.05, 0) is 42.8 Å². The van der Waals surface area contributed by atoms with Crippen molar-refractivity contribution < 1.29 is 13.2 Å². The molecule has 0 aliphatic carbocycles. The Balaban J connectivity index is 1.69. The highest BCUT2D eigenvalue weighted by molar-refractivity contribution is 7.89. The zero-order valence-corrected chi connectivity index (χ0v) is 18.8. The summed E-state index contributed by atoms with van der Waals surface area (Å²) in [6, 6.07) is 15.0. The third-order valence-electron chi connectivity index (χ3n) is 4.69. The minimum Gasteiger partial charge on any atom is -0.298 e. The van der Waals surface area contributed by atoms with Gasteiger partial charge < -0.3 is 0 Å². The molecule has 2 aromatic carbocycles. The van der Waals surface area contributed by atoms with Crippen LogP contribution >= 0.6 is 11.3 Å². The summed E-state index contributed by atoms with van der Waals surface area (Å²) in [6.45, 7) is 2.45. The van der Waals surface area contributed by atoms with Crippen LogP contribution < -0.4 is 5.32 Å². The number of hydrogen-bond acceptors (Lipinski definition) is 6. The number of aromatic nitrogens is 1. The van der Waals surface area contributed by atoms with Crippen molar-refractivity contribution in [1.82, 2.24) is 9.29 Å². The molecule has 160 valence electrons. The Morgan fingerprint density at radius 1 is 1.16 bits per heavy atom. The number of nitriles is 1. The van der Waals surface area contributed by atoms with Crippen LogP contribution in [0.3, 0.4) is 0 Å². The molecule has 1 N–H and O–H groups in total. The number of nitrogens with one attached hydrogen (secondary N) is 1. The molecule has 1 amide bonds. The standard InChI is InChI=1S/C22H22N4O3S2/c1-3-4-13-26(2)31(28,29)19-11-9-18(10-12-19)21(27)25-22-24-20(15-30-22)17-7-5-16(14-23)6-8-17/h5-12,15H,3-4,13H2,1-2H3,(H,24,25,27).